The van der Waals surface area contributed by atoms with Gasteiger partial charge in [0, 0.05) is 6.61 Å². The monoisotopic (exact) mass is 332 g/mol. The van der Waals surface area contributed by atoms with Gasteiger partial charge in [0.15, 0.2) is 0 Å². The molecule has 8 heteroatoms. The largest absolute Gasteiger partial charge is 0.396 e. The summed E-state index contributed by atoms with van der Waals surface area (Å²) in [5, 5.41) is 8.57. The normalized spacial score (nSPS) is 13.4. The highest BCUT2D eigenvalue weighted by atomic mass is 31.2. The molecular formula is C12H30O6P2. The Bertz CT molecular complexity index is 216. The van der Waals surface area contributed by atoms with Crippen molar-refractivity contribution in [2.24, 2.45) is 0 Å². The van der Waals surface area contributed by atoms with Gasteiger partial charge in [0.2, 0.25) is 0 Å². The maximum atomic E-state index is 9.44. The SMILES string of the molecule is CCCCCCCCCCCCO.O=[PH](O)O[PH](=O)O. The molecule has 0 amide bonds. The van der Waals surface area contributed by atoms with Gasteiger partial charge in [-0.05, 0) is 6.42 Å². The van der Waals surface area contributed by atoms with Gasteiger partial charge in [0.1, 0.15) is 0 Å². The van der Waals surface area contributed by atoms with E-state index in [-0.39, 0.29) is 0 Å². The molecule has 0 aromatic carbocycles. The second-order valence-electron chi connectivity index (χ2n) is 4.54. The fourth-order valence-corrected chi connectivity index (χ4v) is 2.27. The summed E-state index contributed by atoms with van der Waals surface area (Å²) in [6.07, 6.45) is 13.3. The Balaban J connectivity index is 0. The molecule has 0 saturated heterocycles. The first-order valence-corrected chi connectivity index (χ1v) is 9.81. The highest BCUT2D eigenvalue weighted by Crippen LogP contribution is 2.30. The minimum atomic E-state index is -3.20. The molecule has 0 radical (unpaired) electrons. The number of aliphatic hydroxyl groups is 1. The zero-order chi connectivity index (χ0) is 15.6. The van der Waals surface area contributed by atoms with Crippen LogP contribution in [0.2, 0.25) is 0 Å². The van der Waals surface area contributed by atoms with Crippen molar-refractivity contribution in [3.05, 3.63) is 0 Å². The van der Waals surface area contributed by atoms with E-state index in [0.717, 1.165) is 6.42 Å². The van der Waals surface area contributed by atoms with Crippen molar-refractivity contribution >= 4 is 16.5 Å². The van der Waals surface area contributed by atoms with E-state index in [1.807, 2.05) is 0 Å². The Kier molecular flexibility index (Phi) is 21.8. The Morgan fingerprint density at radius 3 is 1.35 bits per heavy atom. The van der Waals surface area contributed by atoms with Crippen molar-refractivity contribution < 1.29 is 28.3 Å². The molecule has 0 aliphatic carbocycles. The average Bonchev–Trinajstić information content (AvgIpc) is 2.36. The number of hydrogen-bond acceptors (Lipinski definition) is 4. The van der Waals surface area contributed by atoms with Gasteiger partial charge in [-0.1, -0.05) is 64.7 Å². The number of hydrogen-bond donors (Lipinski definition) is 3. The van der Waals surface area contributed by atoms with Crippen LogP contribution in [-0.4, -0.2) is 21.5 Å². The lowest BCUT2D eigenvalue weighted by molar-refractivity contribution is 0.282. The van der Waals surface area contributed by atoms with Gasteiger partial charge in [-0.25, -0.2) is 4.31 Å². The van der Waals surface area contributed by atoms with Gasteiger partial charge in [0.25, 0.3) is 0 Å². The third-order valence-electron chi connectivity index (χ3n) is 2.69. The van der Waals surface area contributed by atoms with Crippen LogP contribution in [0.5, 0.6) is 0 Å². The molecule has 3 N–H and O–H groups in total. The van der Waals surface area contributed by atoms with Crippen LogP contribution in [-0.2, 0) is 13.4 Å². The summed E-state index contributed by atoms with van der Waals surface area (Å²) in [5.74, 6) is 0. The maximum absolute atomic E-state index is 9.44. The van der Waals surface area contributed by atoms with Gasteiger partial charge in [0.05, 0.1) is 0 Å². The van der Waals surface area contributed by atoms with Crippen LogP contribution >= 0.6 is 16.5 Å². The van der Waals surface area contributed by atoms with Crippen LogP contribution < -0.4 is 0 Å². The van der Waals surface area contributed by atoms with E-state index in [1.54, 1.807) is 0 Å². The van der Waals surface area contributed by atoms with Gasteiger partial charge in [-0.2, -0.15) is 0 Å². The lowest BCUT2D eigenvalue weighted by Crippen LogP contribution is -1.84. The summed E-state index contributed by atoms with van der Waals surface area (Å²) in [6, 6.07) is 0. The quantitative estimate of drug-likeness (QED) is 0.372. The van der Waals surface area contributed by atoms with E-state index in [1.165, 1.54) is 57.8 Å². The summed E-state index contributed by atoms with van der Waals surface area (Å²) in [7, 11) is -6.40. The summed E-state index contributed by atoms with van der Waals surface area (Å²) in [4.78, 5) is 15.4. The third kappa shape index (κ3) is 26.8. The lowest BCUT2D eigenvalue weighted by Gasteiger charge is -2.00. The fourth-order valence-electron chi connectivity index (χ4n) is 1.67. The predicted octanol–water partition coefficient (Wildman–Crippen LogP) is 3.67. The number of unbranched alkanes of at least 4 members (excludes halogenated alkanes) is 9. The summed E-state index contributed by atoms with van der Waals surface area (Å²) < 4.78 is 22.3. The van der Waals surface area contributed by atoms with Crippen molar-refractivity contribution in [1.29, 1.82) is 0 Å². The van der Waals surface area contributed by atoms with Crippen LogP contribution in [0.4, 0.5) is 0 Å². The first-order valence-electron chi connectivity index (χ1n) is 7.29. The first kappa shape index (κ1) is 22.6. The molecule has 0 saturated carbocycles. The molecule has 0 rings (SSSR count). The van der Waals surface area contributed by atoms with E-state index in [4.69, 9.17) is 14.9 Å². The van der Waals surface area contributed by atoms with Crippen LogP contribution in [0.1, 0.15) is 71.1 Å². The van der Waals surface area contributed by atoms with Gasteiger partial charge in [-0.3, -0.25) is 9.13 Å². The molecule has 124 valence electrons. The summed E-state index contributed by atoms with van der Waals surface area (Å²) in [6.45, 7) is 2.63. The molecule has 2 atom stereocenters. The standard InChI is InChI=1S/C12H26O.H4O5P2/c1-2-3-4-5-6-7-8-9-10-11-12-13;1-6(2)5-7(3)4/h13H,2-12H2,1H3;6-7H,(H,1,2)(H,3,4). The summed E-state index contributed by atoms with van der Waals surface area (Å²) in [5.41, 5.74) is 0. The van der Waals surface area contributed by atoms with Gasteiger partial charge < -0.3 is 14.9 Å². The van der Waals surface area contributed by atoms with Crippen molar-refractivity contribution in [3.8, 4) is 0 Å². The van der Waals surface area contributed by atoms with E-state index in [2.05, 4.69) is 11.2 Å². The molecule has 0 aliphatic rings. The molecular weight excluding hydrogens is 302 g/mol. The van der Waals surface area contributed by atoms with Crippen molar-refractivity contribution in [3.63, 3.8) is 0 Å². The molecule has 2 unspecified atom stereocenters. The van der Waals surface area contributed by atoms with E-state index >= 15 is 0 Å². The topological polar surface area (TPSA) is 104 Å². The predicted molar refractivity (Wildman–Crippen MR) is 82.5 cm³/mol. The van der Waals surface area contributed by atoms with Crippen LogP contribution in [0, 0.1) is 0 Å². The average molecular weight is 332 g/mol. The number of aliphatic hydroxyl groups excluding tert-OH is 1. The highest BCUT2D eigenvalue weighted by molar-refractivity contribution is 7.46. The van der Waals surface area contributed by atoms with Crippen molar-refractivity contribution in [2.75, 3.05) is 6.61 Å². The molecule has 0 fully saturated rings. The van der Waals surface area contributed by atoms with Gasteiger partial charge in [-0.15, -0.1) is 0 Å². The molecule has 20 heavy (non-hydrogen) atoms. The van der Waals surface area contributed by atoms with Gasteiger partial charge >= 0.3 is 16.5 Å². The minimum Gasteiger partial charge on any atom is -0.396 e. The first-order chi connectivity index (χ1) is 9.54. The minimum absolute atomic E-state index is 0.372. The highest BCUT2D eigenvalue weighted by Gasteiger charge is 1.93. The van der Waals surface area contributed by atoms with E-state index in [9.17, 15) is 9.13 Å². The zero-order valence-corrected chi connectivity index (χ0v) is 14.3. The lowest BCUT2D eigenvalue weighted by atomic mass is 10.1. The van der Waals surface area contributed by atoms with Crippen LogP contribution in [0.3, 0.4) is 0 Å². The molecule has 0 aliphatic heterocycles. The Hall–Kier alpha value is 0.300. The maximum Gasteiger partial charge on any atom is 0.323 e. The summed E-state index contributed by atoms with van der Waals surface area (Å²) >= 11 is 0. The van der Waals surface area contributed by atoms with Crippen molar-refractivity contribution in [2.45, 2.75) is 71.1 Å². The van der Waals surface area contributed by atoms with Crippen molar-refractivity contribution in [1.82, 2.24) is 0 Å². The zero-order valence-electron chi connectivity index (χ0n) is 12.3. The molecule has 0 aromatic heterocycles. The smallest absolute Gasteiger partial charge is 0.323 e. The van der Waals surface area contributed by atoms with Crippen LogP contribution in [0.15, 0.2) is 0 Å². The Morgan fingerprint density at radius 1 is 0.750 bits per heavy atom. The molecule has 6 nitrogen and oxygen atoms in total. The molecule has 0 aromatic rings. The third-order valence-corrected chi connectivity index (χ3v) is 4.08. The molecule has 0 spiro atoms. The second-order valence-corrected chi connectivity index (χ2v) is 6.42. The molecule has 0 heterocycles. The Labute approximate surface area is 123 Å². The fraction of sp³-hybridized carbons (Fsp3) is 1.00. The Morgan fingerprint density at radius 2 is 1.10 bits per heavy atom. The van der Waals surface area contributed by atoms with E-state index < -0.39 is 16.5 Å². The van der Waals surface area contributed by atoms with E-state index in [0.29, 0.717) is 6.61 Å². The van der Waals surface area contributed by atoms with Crippen LogP contribution in [0.25, 0.3) is 0 Å². The molecule has 0 bridgehead atoms. The number of rotatable bonds is 12. The second kappa shape index (κ2) is 19.3.